The van der Waals surface area contributed by atoms with Gasteiger partial charge in [-0.25, -0.2) is 4.79 Å². The number of nitrogens with one attached hydrogen (secondary N) is 1. The van der Waals surface area contributed by atoms with Crippen molar-refractivity contribution in [1.29, 1.82) is 0 Å². The maximum atomic E-state index is 12.1. The number of carbonyl (C=O) groups is 2. The molecule has 2 rings (SSSR count). The number of likely N-dealkylation sites (N-methyl/N-ethyl adjacent to an activating group) is 1. The monoisotopic (exact) mass is 332 g/mol. The first-order chi connectivity index (χ1) is 11.5. The number of methoxy groups -OCH3 is 2. The van der Waals surface area contributed by atoms with Gasteiger partial charge in [0.2, 0.25) is 5.91 Å². The number of ether oxygens (including phenoxy) is 2. The molecule has 128 valence electrons. The Kier molecular flexibility index (Phi) is 5.97. The zero-order chi connectivity index (χ0) is 17.5. The predicted octanol–water partition coefficient (Wildman–Crippen LogP) is 2.15. The van der Waals surface area contributed by atoms with Gasteiger partial charge in [0, 0.05) is 5.69 Å². The Morgan fingerprint density at radius 2 is 1.88 bits per heavy atom. The second-order valence-corrected chi connectivity index (χ2v) is 5.20. The summed E-state index contributed by atoms with van der Waals surface area (Å²) in [5.74, 6) is 0.545. The van der Waals surface area contributed by atoms with Gasteiger partial charge in [-0.1, -0.05) is 0 Å². The number of furan rings is 1. The molecule has 1 aromatic heterocycles. The summed E-state index contributed by atoms with van der Waals surface area (Å²) in [5.41, 5.74) is 1.04. The highest BCUT2D eigenvalue weighted by molar-refractivity contribution is 5.92. The lowest BCUT2D eigenvalue weighted by atomic mass is 10.2. The molecule has 1 N–H and O–H groups in total. The van der Waals surface area contributed by atoms with Crippen molar-refractivity contribution in [2.45, 2.75) is 6.54 Å². The third-order valence-corrected chi connectivity index (χ3v) is 3.35. The van der Waals surface area contributed by atoms with Gasteiger partial charge in [0.25, 0.3) is 0 Å². The molecule has 1 heterocycles. The van der Waals surface area contributed by atoms with E-state index in [-0.39, 0.29) is 12.5 Å². The first-order valence-electron chi connectivity index (χ1n) is 7.30. The lowest BCUT2D eigenvalue weighted by molar-refractivity contribution is -0.117. The maximum Gasteiger partial charge on any atom is 0.341 e. The second-order valence-electron chi connectivity index (χ2n) is 5.20. The number of hydrogen-bond donors (Lipinski definition) is 1. The summed E-state index contributed by atoms with van der Waals surface area (Å²) in [5, 5.41) is 2.79. The second kappa shape index (κ2) is 8.16. The molecule has 0 radical (unpaired) electrons. The Hall–Kier alpha value is -2.80. The molecule has 0 spiro atoms. The van der Waals surface area contributed by atoms with Gasteiger partial charge in [0.15, 0.2) is 0 Å². The van der Waals surface area contributed by atoms with Gasteiger partial charge in [-0.15, -0.1) is 0 Å². The van der Waals surface area contributed by atoms with Crippen molar-refractivity contribution >= 4 is 17.6 Å². The smallest absolute Gasteiger partial charge is 0.341 e. The van der Waals surface area contributed by atoms with Crippen molar-refractivity contribution in [2.24, 2.45) is 0 Å². The highest BCUT2D eigenvalue weighted by Crippen LogP contribution is 2.16. The number of hydrogen-bond acceptors (Lipinski definition) is 6. The van der Waals surface area contributed by atoms with Gasteiger partial charge in [-0.2, -0.15) is 0 Å². The predicted molar refractivity (Wildman–Crippen MR) is 88.0 cm³/mol. The van der Waals surface area contributed by atoms with Crippen molar-refractivity contribution in [3.63, 3.8) is 0 Å². The molecule has 0 aliphatic carbocycles. The van der Waals surface area contributed by atoms with Crippen LogP contribution in [-0.4, -0.2) is 44.6 Å². The van der Waals surface area contributed by atoms with E-state index < -0.39 is 5.97 Å². The Bertz CT molecular complexity index is 693. The molecule has 0 aliphatic heterocycles. The van der Waals surface area contributed by atoms with Crippen molar-refractivity contribution < 1.29 is 23.5 Å². The summed E-state index contributed by atoms with van der Waals surface area (Å²) < 4.78 is 15.1. The summed E-state index contributed by atoms with van der Waals surface area (Å²) in [6, 6.07) is 8.61. The zero-order valence-corrected chi connectivity index (χ0v) is 13.9. The fourth-order valence-corrected chi connectivity index (χ4v) is 2.18. The molecule has 24 heavy (non-hydrogen) atoms. The van der Waals surface area contributed by atoms with Gasteiger partial charge in [-0.3, -0.25) is 9.69 Å². The van der Waals surface area contributed by atoms with Crippen molar-refractivity contribution in [3.05, 3.63) is 47.9 Å². The molecule has 0 atom stereocenters. The van der Waals surface area contributed by atoms with E-state index >= 15 is 0 Å². The largest absolute Gasteiger partial charge is 0.497 e. The van der Waals surface area contributed by atoms with Crippen LogP contribution in [0.1, 0.15) is 16.1 Å². The molecule has 0 fully saturated rings. The SMILES string of the molecule is COC(=O)c1ccoc1CN(C)CC(=O)Nc1ccc(OC)cc1. The van der Waals surface area contributed by atoms with Crippen molar-refractivity contribution in [1.82, 2.24) is 4.90 Å². The van der Waals surface area contributed by atoms with E-state index in [9.17, 15) is 9.59 Å². The van der Waals surface area contributed by atoms with E-state index in [2.05, 4.69) is 10.1 Å². The Balaban J connectivity index is 1.89. The fourth-order valence-electron chi connectivity index (χ4n) is 2.18. The Labute approximate surface area is 140 Å². The van der Waals surface area contributed by atoms with Crippen LogP contribution in [0.15, 0.2) is 41.0 Å². The minimum Gasteiger partial charge on any atom is -0.497 e. The van der Waals surface area contributed by atoms with E-state index in [0.717, 1.165) is 5.75 Å². The van der Waals surface area contributed by atoms with Crippen LogP contribution in [0.4, 0.5) is 5.69 Å². The molecule has 1 amide bonds. The maximum absolute atomic E-state index is 12.1. The van der Waals surface area contributed by atoms with Gasteiger partial charge >= 0.3 is 5.97 Å². The van der Waals surface area contributed by atoms with Gasteiger partial charge in [0.1, 0.15) is 17.1 Å². The number of nitrogens with zero attached hydrogens (tertiary/aromatic N) is 1. The molecule has 7 nitrogen and oxygen atoms in total. The van der Waals surface area contributed by atoms with Crippen LogP contribution in [-0.2, 0) is 16.1 Å². The Morgan fingerprint density at radius 1 is 1.17 bits per heavy atom. The number of anilines is 1. The molecule has 7 heteroatoms. The van der Waals surface area contributed by atoms with Crippen LogP contribution in [0, 0.1) is 0 Å². The van der Waals surface area contributed by atoms with E-state index in [1.807, 2.05) is 0 Å². The standard InChI is InChI=1S/C17H20N2O5/c1-19(10-15-14(8-9-24-15)17(21)23-3)11-16(20)18-12-4-6-13(22-2)7-5-12/h4-9H,10-11H2,1-3H3,(H,18,20). The first-order valence-corrected chi connectivity index (χ1v) is 7.30. The van der Waals surface area contributed by atoms with E-state index in [0.29, 0.717) is 23.6 Å². The highest BCUT2D eigenvalue weighted by Gasteiger charge is 2.17. The number of benzene rings is 1. The van der Waals surface area contributed by atoms with Crippen LogP contribution in [0.3, 0.4) is 0 Å². The van der Waals surface area contributed by atoms with Crippen molar-refractivity contribution in [2.75, 3.05) is 33.1 Å². The molecule has 0 saturated carbocycles. The zero-order valence-electron chi connectivity index (χ0n) is 13.9. The first kappa shape index (κ1) is 17.6. The molecule has 0 aliphatic rings. The minimum atomic E-state index is -0.463. The normalized spacial score (nSPS) is 10.5. The number of amides is 1. The van der Waals surface area contributed by atoms with E-state index in [1.165, 1.54) is 13.4 Å². The topological polar surface area (TPSA) is 81.0 Å². The third kappa shape index (κ3) is 4.60. The molecule has 1 aromatic carbocycles. The van der Waals surface area contributed by atoms with Gasteiger partial charge < -0.3 is 19.2 Å². The molecule has 2 aromatic rings. The van der Waals surface area contributed by atoms with E-state index in [4.69, 9.17) is 9.15 Å². The Morgan fingerprint density at radius 3 is 2.50 bits per heavy atom. The summed E-state index contributed by atoms with van der Waals surface area (Å²) in [4.78, 5) is 25.4. The molecule has 0 bridgehead atoms. The number of rotatable bonds is 7. The summed E-state index contributed by atoms with van der Waals surface area (Å²) in [6.45, 7) is 0.459. The molecule has 0 unspecified atom stereocenters. The molecule has 0 saturated heterocycles. The minimum absolute atomic E-state index is 0.146. The van der Waals surface area contributed by atoms with Crippen molar-refractivity contribution in [3.8, 4) is 5.75 Å². The highest BCUT2D eigenvalue weighted by atomic mass is 16.5. The van der Waals surface area contributed by atoms with Gasteiger partial charge in [-0.05, 0) is 37.4 Å². The lowest BCUT2D eigenvalue weighted by Gasteiger charge is -2.15. The number of carbonyl (C=O) groups excluding carboxylic acids is 2. The van der Waals surface area contributed by atoms with Crippen LogP contribution in [0.5, 0.6) is 5.75 Å². The summed E-state index contributed by atoms with van der Waals surface area (Å²) in [7, 11) is 4.65. The van der Waals surface area contributed by atoms with Crippen LogP contribution in [0.25, 0.3) is 0 Å². The van der Waals surface area contributed by atoms with Crippen LogP contribution < -0.4 is 10.1 Å². The fraction of sp³-hybridized carbons (Fsp3) is 0.294. The lowest BCUT2D eigenvalue weighted by Crippen LogP contribution is -2.30. The van der Waals surface area contributed by atoms with E-state index in [1.54, 1.807) is 49.4 Å². The summed E-state index contributed by atoms with van der Waals surface area (Å²) >= 11 is 0. The third-order valence-electron chi connectivity index (χ3n) is 3.35. The average molecular weight is 332 g/mol. The van der Waals surface area contributed by atoms with Gasteiger partial charge in [0.05, 0.1) is 33.6 Å². The molecular weight excluding hydrogens is 312 g/mol. The van der Waals surface area contributed by atoms with Crippen LogP contribution in [0.2, 0.25) is 0 Å². The van der Waals surface area contributed by atoms with Crippen LogP contribution >= 0.6 is 0 Å². The average Bonchev–Trinajstić information content (AvgIpc) is 3.02. The number of esters is 1. The summed E-state index contributed by atoms with van der Waals surface area (Å²) in [6.07, 6.45) is 1.42. The molecular formula is C17H20N2O5. The quantitative estimate of drug-likeness (QED) is 0.783.